The van der Waals surface area contributed by atoms with E-state index in [1.165, 1.54) is 0 Å². The lowest BCUT2D eigenvalue weighted by Gasteiger charge is -2.20. The van der Waals surface area contributed by atoms with Crippen LogP contribution in [0.4, 0.5) is 0 Å². The maximum Gasteiger partial charge on any atom is 0.262 e. The minimum absolute atomic E-state index is 0.127. The Bertz CT molecular complexity index is 1460. The summed E-state index contributed by atoms with van der Waals surface area (Å²) in [5, 5.41) is 9.04. The van der Waals surface area contributed by atoms with Gasteiger partial charge in [0.05, 0.1) is 16.3 Å². The quantitative estimate of drug-likeness (QED) is 0.208. The van der Waals surface area contributed by atoms with Crippen LogP contribution < -0.4 is 10.7 Å². The third-order valence-electron chi connectivity index (χ3n) is 6.08. The van der Waals surface area contributed by atoms with Crippen LogP contribution >= 0.6 is 23.2 Å². The predicted octanol–water partition coefficient (Wildman–Crippen LogP) is 6.21. The molecule has 3 aromatic carbocycles. The van der Waals surface area contributed by atoms with E-state index in [4.69, 9.17) is 23.2 Å². The number of hydrazone groups is 1. The van der Waals surface area contributed by atoms with Gasteiger partial charge in [0.15, 0.2) is 0 Å². The molecule has 0 saturated carbocycles. The van der Waals surface area contributed by atoms with Crippen molar-refractivity contribution in [2.75, 3.05) is 0 Å². The van der Waals surface area contributed by atoms with Crippen molar-refractivity contribution in [2.24, 2.45) is 11.0 Å². The lowest BCUT2D eigenvalue weighted by atomic mass is 10.0. The zero-order chi connectivity index (χ0) is 26.5. The van der Waals surface area contributed by atoms with E-state index in [0.29, 0.717) is 22.2 Å². The van der Waals surface area contributed by atoms with Gasteiger partial charge in [0.2, 0.25) is 0 Å². The Hall–Kier alpha value is -3.61. The number of carbonyl (C=O) groups excluding carboxylic acids is 2. The highest BCUT2D eigenvalue weighted by Gasteiger charge is 2.24. The molecule has 1 heterocycles. The summed E-state index contributed by atoms with van der Waals surface area (Å²) in [6.45, 7) is 6.30. The first-order chi connectivity index (χ1) is 17.7. The van der Waals surface area contributed by atoms with Gasteiger partial charge in [-0.3, -0.25) is 9.59 Å². The van der Waals surface area contributed by atoms with Crippen molar-refractivity contribution in [3.63, 3.8) is 0 Å². The van der Waals surface area contributed by atoms with Crippen molar-refractivity contribution in [2.45, 2.75) is 33.4 Å². The second kappa shape index (κ2) is 11.6. The molecule has 0 fully saturated rings. The zero-order valence-electron chi connectivity index (χ0n) is 20.8. The molecule has 190 valence electrons. The van der Waals surface area contributed by atoms with Crippen molar-refractivity contribution in [3.05, 3.63) is 105 Å². The fraction of sp³-hybridized carbons (Fsp3) is 0.207. The summed E-state index contributed by atoms with van der Waals surface area (Å²) < 4.78 is 2.09. The van der Waals surface area contributed by atoms with Crippen molar-refractivity contribution in [1.29, 1.82) is 0 Å². The fourth-order valence-corrected chi connectivity index (χ4v) is 4.36. The Morgan fingerprint density at radius 2 is 1.73 bits per heavy atom. The van der Waals surface area contributed by atoms with Crippen LogP contribution in [0.1, 0.15) is 40.9 Å². The normalized spacial score (nSPS) is 12.3. The van der Waals surface area contributed by atoms with Gasteiger partial charge in [-0.1, -0.05) is 79.0 Å². The minimum Gasteiger partial charge on any atom is -0.342 e. The lowest BCUT2D eigenvalue weighted by molar-refractivity contribution is -0.123. The number of nitrogens with zero attached hydrogens (tertiary/aromatic N) is 2. The number of hydrogen-bond acceptors (Lipinski definition) is 3. The smallest absolute Gasteiger partial charge is 0.262 e. The van der Waals surface area contributed by atoms with Crippen LogP contribution in [0.5, 0.6) is 0 Å². The summed E-state index contributed by atoms with van der Waals surface area (Å²) in [5.41, 5.74) is 7.03. The highest BCUT2D eigenvalue weighted by Crippen LogP contribution is 2.25. The SMILES string of the molecule is Cc1ccc(C(=O)NC(C(=O)NN=Cc2cn(Cc3ccc(Cl)c(Cl)c3)c3ccccc23)C(C)C)cc1. The number of aryl methyl sites for hydroxylation is 1. The maximum atomic E-state index is 12.9. The molecule has 1 aromatic heterocycles. The van der Waals surface area contributed by atoms with Crippen LogP contribution in [0.15, 0.2) is 78.0 Å². The number of amides is 2. The van der Waals surface area contributed by atoms with Crippen LogP contribution in [0.3, 0.4) is 0 Å². The molecule has 0 saturated heterocycles. The van der Waals surface area contributed by atoms with E-state index < -0.39 is 6.04 Å². The highest BCUT2D eigenvalue weighted by atomic mass is 35.5. The van der Waals surface area contributed by atoms with Crippen LogP contribution in [0.25, 0.3) is 10.9 Å². The molecule has 4 rings (SSSR count). The standard InChI is InChI=1S/C29H28Cl2N4O2/c1-18(2)27(33-28(36)21-11-8-19(3)9-12-21)29(37)34-32-15-22-17-35(26-7-5-4-6-23(22)26)16-20-10-13-24(30)25(31)14-20/h4-15,17-18,27H,16H2,1-3H3,(H,33,36)(H,34,37). The third-order valence-corrected chi connectivity index (χ3v) is 6.82. The van der Waals surface area contributed by atoms with Gasteiger partial charge in [-0.25, -0.2) is 5.43 Å². The number of rotatable bonds is 8. The number of benzene rings is 3. The van der Waals surface area contributed by atoms with Gasteiger partial charge in [0, 0.05) is 34.8 Å². The molecule has 4 aromatic rings. The summed E-state index contributed by atoms with van der Waals surface area (Å²) in [6, 6.07) is 20.0. The third kappa shape index (κ3) is 6.40. The first-order valence-corrected chi connectivity index (χ1v) is 12.7. The number of fused-ring (bicyclic) bond motifs is 1. The largest absolute Gasteiger partial charge is 0.342 e. The van der Waals surface area contributed by atoms with Gasteiger partial charge in [-0.05, 0) is 48.7 Å². The van der Waals surface area contributed by atoms with E-state index in [1.54, 1.807) is 24.4 Å². The van der Waals surface area contributed by atoms with E-state index in [0.717, 1.165) is 27.6 Å². The Morgan fingerprint density at radius 3 is 2.43 bits per heavy atom. The van der Waals surface area contributed by atoms with Crippen LogP contribution in [-0.4, -0.2) is 28.6 Å². The number of halogens is 2. The lowest BCUT2D eigenvalue weighted by Crippen LogP contribution is -2.48. The molecular weight excluding hydrogens is 507 g/mol. The first kappa shape index (κ1) is 26.5. The van der Waals surface area contributed by atoms with Crippen molar-refractivity contribution >= 4 is 52.1 Å². The Kier molecular flexibility index (Phi) is 8.31. The summed E-state index contributed by atoms with van der Waals surface area (Å²) in [6.07, 6.45) is 3.59. The highest BCUT2D eigenvalue weighted by molar-refractivity contribution is 6.42. The minimum atomic E-state index is -0.734. The van der Waals surface area contributed by atoms with Gasteiger partial charge < -0.3 is 9.88 Å². The summed E-state index contributed by atoms with van der Waals surface area (Å²) >= 11 is 12.3. The molecule has 0 aliphatic carbocycles. The number of carbonyl (C=O) groups is 2. The van der Waals surface area contributed by atoms with Gasteiger partial charge in [0.1, 0.15) is 6.04 Å². The molecule has 6 nitrogen and oxygen atoms in total. The molecule has 0 radical (unpaired) electrons. The monoisotopic (exact) mass is 534 g/mol. The fourth-order valence-electron chi connectivity index (χ4n) is 4.04. The van der Waals surface area contributed by atoms with E-state index in [2.05, 4.69) is 20.4 Å². The Balaban J connectivity index is 1.48. The van der Waals surface area contributed by atoms with E-state index in [-0.39, 0.29) is 17.7 Å². The topological polar surface area (TPSA) is 75.5 Å². The molecule has 0 spiro atoms. The second-order valence-corrected chi connectivity index (χ2v) is 10.1. The number of hydrogen-bond donors (Lipinski definition) is 2. The van der Waals surface area contributed by atoms with Crippen LogP contribution in [-0.2, 0) is 11.3 Å². The van der Waals surface area contributed by atoms with Crippen LogP contribution in [0, 0.1) is 12.8 Å². The summed E-state index contributed by atoms with van der Waals surface area (Å²) in [7, 11) is 0. The second-order valence-electron chi connectivity index (χ2n) is 9.27. The molecule has 1 atom stereocenters. The van der Waals surface area contributed by atoms with E-state index >= 15 is 0 Å². The number of para-hydroxylation sites is 1. The van der Waals surface area contributed by atoms with Gasteiger partial charge in [-0.15, -0.1) is 0 Å². The van der Waals surface area contributed by atoms with Crippen molar-refractivity contribution < 1.29 is 9.59 Å². The number of aromatic nitrogens is 1. The van der Waals surface area contributed by atoms with E-state index in [1.807, 2.05) is 75.5 Å². The Labute approximate surface area is 226 Å². The Morgan fingerprint density at radius 1 is 1.00 bits per heavy atom. The number of nitrogens with one attached hydrogen (secondary N) is 2. The predicted molar refractivity (Wildman–Crippen MR) is 151 cm³/mol. The van der Waals surface area contributed by atoms with Gasteiger partial charge >= 0.3 is 0 Å². The molecule has 1 unspecified atom stereocenters. The van der Waals surface area contributed by atoms with E-state index in [9.17, 15) is 9.59 Å². The average Bonchev–Trinajstić information content (AvgIpc) is 3.22. The zero-order valence-corrected chi connectivity index (χ0v) is 22.3. The summed E-state index contributed by atoms with van der Waals surface area (Å²) in [5.74, 6) is -0.813. The molecule has 0 bridgehead atoms. The molecule has 2 N–H and O–H groups in total. The molecular formula is C29H28Cl2N4O2. The maximum absolute atomic E-state index is 12.9. The summed E-state index contributed by atoms with van der Waals surface area (Å²) in [4.78, 5) is 25.6. The van der Waals surface area contributed by atoms with Crippen molar-refractivity contribution in [3.8, 4) is 0 Å². The molecule has 0 aliphatic heterocycles. The van der Waals surface area contributed by atoms with Crippen LogP contribution in [0.2, 0.25) is 10.0 Å². The molecule has 37 heavy (non-hydrogen) atoms. The van der Waals surface area contributed by atoms with Gasteiger partial charge in [-0.2, -0.15) is 5.10 Å². The molecule has 8 heteroatoms. The molecule has 0 aliphatic rings. The average molecular weight is 535 g/mol. The van der Waals surface area contributed by atoms with Gasteiger partial charge in [0.25, 0.3) is 11.8 Å². The van der Waals surface area contributed by atoms with Crippen molar-refractivity contribution in [1.82, 2.24) is 15.3 Å². The molecule has 2 amide bonds. The first-order valence-electron chi connectivity index (χ1n) is 11.9.